The second kappa shape index (κ2) is 10.3. The minimum atomic E-state index is -3.82. The molecule has 3 aromatic carbocycles. The molecule has 1 aliphatic heterocycles. The van der Waals surface area contributed by atoms with Gasteiger partial charge in [-0.15, -0.1) is 0 Å². The van der Waals surface area contributed by atoms with Crippen molar-refractivity contribution in [3.8, 4) is 5.75 Å². The van der Waals surface area contributed by atoms with Gasteiger partial charge < -0.3 is 14.5 Å². The Bertz CT molecular complexity index is 1280. The molecule has 178 valence electrons. The summed E-state index contributed by atoms with van der Waals surface area (Å²) in [5.41, 5.74) is 1.39. The van der Waals surface area contributed by atoms with Crippen LogP contribution in [-0.4, -0.2) is 52.5 Å². The number of sulfone groups is 1. The van der Waals surface area contributed by atoms with E-state index in [0.29, 0.717) is 25.2 Å². The monoisotopic (exact) mass is 482 g/mol. The lowest BCUT2D eigenvalue weighted by molar-refractivity contribution is 0.0766. The van der Waals surface area contributed by atoms with Crippen molar-refractivity contribution in [2.24, 2.45) is 0 Å². The van der Waals surface area contributed by atoms with E-state index in [1.165, 1.54) is 30.3 Å². The number of rotatable bonds is 6. The third kappa shape index (κ3) is 5.22. The molecule has 4 rings (SSSR count). The van der Waals surface area contributed by atoms with Crippen molar-refractivity contribution in [3.63, 3.8) is 0 Å². The summed E-state index contributed by atoms with van der Waals surface area (Å²) in [5, 5.41) is 0. The van der Waals surface area contributed by atoms with Gasteiger partial charge in [-0.3, -0.25) is 4.79 Å². The summed E-state index contributed by atoms with van der Waals surface area (Å²) in [4.78, 5) is 17.2. The molecule has 0 atom stereocenters. The maximum absolute atomic E-state index is 14.0. The second-order valence-corrected chi connectivity index (χ2v) is 10.2. The van der Waals surface area contributed by atoms with E-state index in [4.69, 9.17) is 4.74 Å². The van der Waals surface area contributed by atoms with Gasteiger partial charge in [-0.1, -0.05) is 36.4 Å². The minimum absolute atomic E-state index is 0.00655. The number of nitrogens with zero attached hydrogens (tertiary/aromatic N) is 2. The van der Waals surface area contributed by atoms with E-state index in [1.54, 1.807) is 30.2 Å². The van der Waals surface area contributed by atoms with Crippen molar-refractivity contribution in [2.45, 2.75) is 17.1 Å². The average Bonchev–Trinajstić information content (AvgIpc) is 3.11. The normalized spacial score (nSPS) is 14.5. The van der Waals surface area contributed by atoms with Gasteiger partial charge in [-0.25, -0.2) is 12.8 Å². The van der Waals surface area contributed by atoms with Gasteiger partial charge in [0.15, 0.2) is 9.84 Å². The molecule has 0 aliphatic carbocycles. The molecule has 0 unspecified atom stereocenters. The van der Waals surface area contributed by atoms with Crippen LogP contribution in [0.5, 0.6) is 5.75 Å². The highest BCUT2D eigenvalue weighted by atomic mass is 32.2. The molecule has 1 aliphatic rings. The van der Waals surface area contributed by atoms with Gasteiger partial charge in [0.1, 0.15) is 11.6 Å². The van der Waals surface area contributed by atoms with Crippen molar-refractivity contribution in [1.82, 2.24) is 4.90 Å². The topological polar surface area (TPSA) is 66.9 Å². The van der Waals surface area contributed by atoms with Crippen LogP contribution >= 0.6 is 0 Å². The number of carbonyl (C=O) groups excluding carboxylic acids is 1. The zero-order chi connectivity index (χ0) is 24.1. The van der Waals surface area contributed by atoms with Crippen molar-refractivity contribution >= 4 is 21.4 Å². The molecule has 0 aromatic heterocycles. The van der Waals surface area contributed by atoms with Crippen LogP contribution in [0.3, 0.4) is 0 Å². The molecular weight excluding hydrogens is 455 g/mol. The van der Waals surface area contributed by atoms with Crippen LogP contribution in [-0.2, 0) is 15.6 Å². The maximum atomic E-state index is 14.0. The highest BCUT2D eigenvalue weighted by Crippen LogP contribution is 2.28. The number of methoxy groups -OCH3 is 1. The van der Waals surface area contributed by atoms with Gasteiger partial charge in [0.05, 0.1) is 23.4 Å². The summed E-state index contributed by atoms with van der Waals surface area (Å²) < 4.78 is 45.3. The van der Waals surface area contributed by atoms with Crippen molar-refractivity contribution in [2.75, 3.05) is 38.2 Å². The maximum Gasteiger partial charge on any atom is 0.253 e. The Labute approximate surface area is 199 Å². The molecular formula is C26H27FN2O4S. The van der Waals surface area contributed by atoms with Gasteiger partial charge in [0.2, 0.25) is 0 Å². The van der Waals surface area contributed by atoms with Crippen LogP contribution < -0.4 is 9.64 Å². The second-order valence-electron chi connectivity index (χ2n) is 8.18. The molecule has 8 heteroatoms. The Balaban J connectivity index is 1.49. The Kier molecular flexibility index (Phi) is 7.17. The average molecular weight is 483 g/mol. The summed E-state index contributed by atoms with van der Waals surface area (Å²) >= 11 is 0. The standard InChI is InChI=1S/C26H27FN2O4S/c1-33-25-13-5-4-12-24(25)28-14-7-15-29(17-16-28)26(30)20-9-6-10-22(18-20)34(31,32)19-21-8-2-3-11-23(21)27/h2-6,8-13,18H,7,14-17,19H2,1H3. The van der Waals surface area contributed by atoms with Gasteiger partial charge in [-0.05, 0) is 42.8 Å². The molecule has 1 fully saturated rings. The zero-order valence-electron chi connectivity index (χ0n) is 19.0. The van der Waals surface area contributed by atoms with Crippen LogP contribution in [0.4, 0.5) is 10.1 Å². The Morgan fingerprint density at radius 1 is 0.941 bits per heavy atom. The summed E-state index contributed by atoms with van der Waals surface area (Å²) in [6.45, 7) is 2.48. The van der Waals surface area contributed by atoms with Crippen LogP contribution in [0.25, 0.3) is 0 Å². The first-order valence-electron chi connectivity index (χ1n) is 11.1. The van der Waals surface area contributed by atoms with E-state index < -0.39 is 21.4 Å². The summed E-state index contributed by atoms with van der Waals surface area (Å²) in [6.07, 6.45) is 0.773. The first kappa shape index (κ1) is 23.8. The SMILES string of the molecule is COc1ccccc1N1CCCN(C(=O)c2cccc(S(=O)(=O)Cc3ccccc3F)c2)CC1. The molecule has 0 spiro atoms. The largest absolute Gasteiger partial charge is 0.495 e. The molecule has 6 nitrogen and oxygen atoms in total. The number of amides is 1. The fourth-order valence-electron chi connectivity index (χ4n) is 4.16. The number of ether oxygens (including phenoxy) is 1. The Hall–Kier alpha value is -3.39. The van der Waals surface area contributed by atoms with E-state index in [2.05, 4.69) is 4.90 Å². The predicted octanol–water partition coefficient (Wildman–Crippen LogP) is 4.16. The fraction of sp³-hybridized carbons (Fsp3) is 0.269. The molecule has 3 aromatic rings. The Morgan fingerprint density at radius 2 is 1.71 bits per heavy atom. The highest BCUT2D eigenvalue weighted by Gasteiger charge is 2.24. The predicted molar refractivity (Wildman–Crippen MR) is 129 cm³/mol. The number of halogens is 1. The third-order valence-electron chi connectivity index (χ3n) is 5.95. The summed E-state index contributed by atoms with van der Waals surface area (Å²) in [6, 6.07) is 19.6. The first-order chi connectivity index (χ1) is 16.4. The van der Waals surface area contributed by atoms with Gasteiger partial charge in [0, 0.05) is 37.3 Å². The van der Waals surface area contributed by atoms with Crippen molar-refractivity contribution < 1.29 is 22.3 Å². The number of anilines is 1. The smallest absolute Gasteiger partial charge is 0.253 e. The molecule has 0 bridgehead atoms. The molecule has 1 heterocycles. The van der Waals surface area contributed by atoms with E-state index >= 15 is 0 Å². The van der Waals surface area contributed by atoms with Crippen LogP contribution in [0, 0.1) is 5.82 Å². The van der Waals surface area contributed by atoms with Crippen molar-refractivity contribution in [1.29, 1.82) is 0 Å². The van der Waals surface area contributed by atoms with Crippen LogP contribution in [0.15, 0.2) is 77.7 Å². The third-order valence-corrected chi connectivity index (χ3v) is 7.62. The molecule has 34 heavy (non-hydrogen) atoms. The van der Waals surface area contributed by atoms with Crippen molar-refractivity contribution in [3.05, 3.63) is 89.7 Å². The van der Waals surface area contributed by atoms with Gasteiger partial charge in [0.25, 0.3) is 5.91 Å². The molecule has 1 saturated heterocycles. The molecule has 0 radical (unpaired) electrons. The number of benzene rings is 3. The van der Waals surface area contributed by atoms with E-state index in [9.17, 15) is 17.6 Å². The summed E-state index contributed by atoms with van der Waals surface area (Å²) in [5.74, 6) is -0.461. The number of para-hydroxylation sites is 2. The fourth-order valence-corrected chi connectivity index (χ4v) is 5.56. The quantitative estimate of drug-likeness (QED) is 0.528. The minimum Gasteiger partial charge on any atom is -0.495 e. The lowest BCUT2D eigenvalue weighted by atomic mass is 10.2. The number of carbonyl (C=O) groups is 1. The van der Waals surface area contributed by atoms with Crippen LogP contribution in [0.2, 0.25) is 0 Å². The molecule has 0 N–H and O–H groups in total. The van der Waals surface area contributed by atoms with Gasteiger partial charge >= 0.3 is 0 Å². The zero-order valence-corrected chi connectivity index (χ0v) is 19.8. The van der Waals surface area contributed by atoms with E-state index in [-0.39, 0.29) is 16.4 Å². The lowest BCUT2D eigenvalue weighted by Crippen LogP contribution is -2.35. The first-order valence-corrected chi connectivity index (χ1v) is 12.8. The number of hydrogen-bond acceptors (Lipinski definition) is 5. The lowest BCUT2D eigenvalue weighted by Gasteiger charge is -2.25. The highest BCUT2D eigenvalue weighted by molar-refractivity contribution is 7.90. The Morgan fingerprint density at radius 3 is 2.50 bits per heavy atom. The van der Waals surface area contributed by atoms with Crippen LogP contribution in [0.1, 0.15) is 22.3 Å². The molecule has 1 amide bonds. The van der Waals surface area contributed by atoms with Gasteiger partial charge in [-0.2, -0.15) is 0 Å². The molecule has 0 saturated carbocycles. The van der Waals surface area contributed by atoms with E-state index in [1.807, 2.05) is 24.3 Å². The van der Waals surface area contributed by atoms with E-state index in [0.717, 1.165) is 24.4 Å². The number of hydrogen-bond donors (Lipinski definition) is 0. The summed E-state index contributed by atoms with van der Waals surface area (Å²) in [7, 11) is -2.18.